The first-order valence-electron chi connectivity index (χ1n) is 7.08. The fraction of sp³-hybridized carbons (Fsp3) is 0.0500. The fourth-order valence-corrected chi connectivity index (χ4v) is 2.32. The molecule has 0 radical (unpaired) electrons. The molecule has 106 valence electrons. The summed E-state index contributed by atoms with van der Waals surface area (Å²) in [6, 6.07) is 23.2. The molecule has 0 saturated carbocycles. The minimum atomic E-state index is -0.164. The molecule has 0 aliphatic heterocycles. The molecule has 0 fully saturated rings. The van der Waals surface area contributed by atoms with Gasteiger partial charge in [0.1, 0.15) is 0 Å². The van der Waals surface area contributed by atoms with Crippen LogP contribution in [0.2, 0.25) is 0 Å². The standard InChI is InChI=1S/C20H15NO/c1-21-18(12-14-19(21)16-8-4-2-5-9-16)13-15-20(22)17-10-6-3-7-11-17/h2-12,14H,1H3. The van der Waals surface area contributed by atoms with Crippen LogP contribution in [-0.2, 0) is 7.05 Å². The Morgan fingerprint density at radius 3 is 2.18 bits per heavy atom. The summed E-state index contributed by atoms with van der Waals surface area (Å²) in [6.45, 7) is 0. The number of hydrogen-bond acceptors (Lipinski definition) is 1. The zero-order valence-electron chi connectivity index (χ0n) is 12.3. The molecule has 2 nitrogen and oxygen atoms in total. The molecule has 1 aromatic heterocycles. The summed E-state index contributed by atoms with van der Waals surface area (Å²) >= 11 is 0. The first kappa shape index (κ1) is 13.9. The van der Waals surface area contributed by atoms with E-state index in [-0.39, 0.29) is 5.78 Å². The van der Waals surface area contributed by atoms with Gasteiger partial charge in [-0.25, -0.2) is 0 Å². The normalized spacial score (nSPS) is 9.86. The molecule has 22 heavy (non-hydrogen) atoms. The van der Waals surface area contributed by atoms with Crippen LogP contribution in [0, 0.1) is 11.8 Å². The zero-order valence-corrected chi connectivity index (χ0v) is 12.3. The summed E-state index contributed by atoms with van der Waals surface area (Å²) in [5.74, 6) is 5.51. The topological polar surface area (TPSA) is 22.0 Å². The van der Waals surface area contributed by atoms with Crippen LogP contribution in [0.15, 0.2) is 72.8 Å². The van der Waals surface area contributed by atoms with Crippen molar-refractivity contribution in [1.29, 1.82) is 0 Å². The Bertz CT molecular complexity index is 849. The zero-order chi connectivity index (χ0) is 15.4. The van der Waals surface area contributed by atoms with Crippen LogP contribution < -0.4 is 0 Å². The van der Waals surface area contributed by atoms with Crippen molar-refractivity contribution in [1.82, 2.24) is 4.57 Å². The van der Waals surface area contributed by atoms with Crippen molar-refractivity contribution < 1.29 is 4.79 Å². The lowest BCUT2D eigenvalue weighted by Gasteiger charge is -2.04. The van der Waals surface area contributed by atoms with E-state index in [1.165, 1.54) is 0 Å². The lowest BCUT2D eigenvalue weighted by molar-refractivity contribution is 0.105. The molecule has 0 aliphatic carbocycles. The molecule has 0 saturated heterocycles. The first-order chi connectivity index (χ1) is 10.8. The lowest BCUT2D eigenvalue weighted by Crippen LogP contribution is -1.97. The molecule has 0 aliphatic rings. The largest absolute Gasteiger partial charge is 0.337 e. The van der Waals surface area contributed by atoms with Gasteiger partial charge in [0.2, 0.25) is 5.78 Å². The smallest absolute Gasteiger partial charge is 0.236 e. The third-order valence-electron chi connectivity index (χ3n) is 3.53. The van der Waals surface area contributed by atoms with Crippen LogP contribution in [0.25, 0.3) is 11.3 Å². The minimum Gasteiger partial charge on any atom is -0.337 e. The summed E-state index contributed by atoms with van der Waals surface area (Å²) < 4.78 is 2.00. The van der Waals surface area contributed by atoms with E-state index in [2.05, 4.69) is 24.0 Å². The molecule has 2 aromatic carbocycles. The van der Waals surface area contributed by atoms with E-state index >= 15 is 0 Å². The third kappa shape index (κ3) is 2.84. The Morgan fingerprint density at radius 1 is 0.864 bits per heavy atom. The predicted octanol–water partition coefficient (Wildman–Crippen LogP) is 3.93. The number of Topliss-reactive ketones (excluding diaryl/α,β-unsaturated/α-hetero) is 1. The number of rotatable bonds is 2. The van der Waals surface area contributed by atoms with Crippen LogP contribution in [-0.4, -0.2) is 10.4 Å². The number of benzene rings is 2. The molecule has 0 N–H and O–H groups in total. The summed E-state index contributed by atoms with van der Waals surface area (Å²) in [7, 11) is 1.96. The number of aromatic nitrogens is 1. The van der Waals surface area contributed by atoms with Crippen LogP contribution in [0.5, 0.6) is 0 Å². The molecule has 1 heterocycles. The van der Waals surface area contributed by atoms with Crippen molar-refractivity contribution >= 4 is 5.78 Å². The average Bonchev–Trinajstić information content (AvgIpc) is 2.95. The fourth-order valence-electron chi connectivity index (χ4n) is 2.32. The maximum atomic E-state index is 12.0. The van der Waals surface area contributed by atoms with Gasteiger partial charge >= 0.3 is 0 Å². The highest BCUT2D eigenvalue weighted by atomic mass is 16.1. The first-order valence-corrected chi connectivity index (χ1v) is 7.08. The Morgan fingerprint density at radius 2 is 1.50 bits per heavy atom. The number of carbonyl (C=O) groups excluding carboxylic acids is 1. The second-order valence-corrected chi connectivity index (χ2v) is 4.97. The van der Waals surface area contributed by atoms with E-state index in [1.54, 1.807) is 12.1 Å². The van der Waals surface area contributed by atoms with Gasteiger partial charge in [-0.05, 0) is 29.5 Å². The number of nitrogens with zero attached hydrogens (tertiary/aromatic N) is 1. The molecular weight excluding hydrogens is 270 g/mol. The van der Waals surface area contributed by atoms with E-state index in [0.29, 0.717) is 5.56 Å². The van der Waals surface area contributed by atoms with E-state index in [4.69, 9.17) is 0 Å². The van der Waals surface area contributed by atoms with Gasteiger partial charge in [0.25, 0.3) is 0 Å². The molecule has 3 rings (SSSR count). The molecule has 0 atom stereocenters. The summed E-state index contributed by atoms with van der Waals surface area (Å²) in [5, 5.41) is 0. The van der Waals surface area contributed by atoms with Crippen LogP contribution in [0.4, 0.5) is 0 Å². The molecule has 3 aromatic rings. The van der Waals surface area contributed by atoms with Crippen molar-refractivity contribution in [3.05, 3.63) is 84.1 Å². The van der Waals surface area contributed by atoms with E-state index in [9.17, 15) is 4.79 Å². The predicted molar refractivity (Wildman–Crippen MR) is 88.5 cm³/mol. The average molecular weight is 285 g/mol. The summed E-state index contributed by atoms with van der Waals surface area (Å²) in [4.78, 5) is 12.0. The van der Waals surface area contributed by atoms with Gasteiger partial charge in [-0.2, -0.15) is 0 Å². The Kier molecular flexibility index (Phi) is 3.89. The van der Waals surface area contributed by atoms with Crippen LogP contribution >= 0.6 is 0 Å². The Hall–Kier alpha value is -3.05. The number of carbonyl (C=O) groups is 1. The van der Waals surface area contributed by atoms with Gasteiger partial charge in [0.05, 0.1) is 5.69 Å². The van der Waals surface area contributed by atoms with Crippen molar-refractivity contribution in [2.75, 3.05) is 0 Å². The minimum absolute atomic E-state index is 0.164. The highest BCUT2D eigenvalue weighted by molar-refractivity contribution is 6.09. The monoisotopic (exact) mass is 285 g/mol. The van der Waals surface area contributed by atoms with Gasteiger partial charge in [0.15, 0.2) is 0 Å². The molecule has 2 heteroatoms. The molecule has 0 unspecified atom stereocenters. The SMILES string of the molecule is Cn1c(C#CC(=O)c2ccccc2)ccc1-c1ccccc1. The van der Waals surface area contributed by atoms with Crippen molar-refractivity contribution in [3.8, 4) is 23.1 Å². The molecule has 0 spiro atoms. The van der Waals surface area contributed by atoms with Crippen molar-refractivity contribution in [3.63, 3.8) is 0 Å². The van der Waals surface area contributed by atoms with Gasteiger partial charge in [0, 0.05) is 18.3 Å². The molecule has 0 bridgehead atoms. The maximum absolute atomic E-state index is 12.0. The van der Waals surface area contributed by atoms with E-state index in [0.717, 1.165) is 17.0 Å². The third-order valence-corrected chi connectivity index (χ3v) is 3.53. The Balaban J connectivity index is 1.88. The number of ketones is 1. The van der Waals surface area contributed by atoms with Crippen LogP contribution in [0.3, 0.4) is 0 Å². The van der Waals surface area contributed by atoms with Gasteiger partial charge in [-0.15, -0.1) is 0 Å². The highest BCUT2D eigenvalue weighted by Gasteiger charge is 2.05. The van der Waals surface area contributed by atoms with Crippen molar-refractivity contribution in [2.45, 2.75) is 0 Å². The summed E-state index contributed by atoms with van der Waals surface area (Å²) in [6.07, 6.45) is 0. The lowest BCUT2D eigenvalue weighted by atomic mass is 10.1. The van der Waals surface area contributed by atoms with Crippen LogP contribution in [0.1, 0.15) is 16.1 Å². The highest BCUT2D eigenvalue weighted by Crippen LogP contribution is 2.20. The maximum Gasteiger partial charge on any atom is 0.236 e. The Labute approximate surface area is 130 Å². The van der Waals surface area contributed by atoms with Gasteiger partial charge in [-0.1, -0.05) is 60.7 Å². The molecule has 0 amide bonds. The van der Waals surface area contributed by atoms with Gasteiger partial charge < -0.3 is 4.57 Å². The summed E-state index contributed by atoms with van der Waals surface area (Å²) in [5.41, 5.74) is 3.65. The van der Waals surface area contributed by atoms with E-state index < -0.39 is 0 Å². The second-order valence-electron chi connectivity index (χ2n) is 4.97. The number of hydrogen-bond donors (Lipinski definition) is 0. The van der Waals surface area contributed by atoms with Gasteiger partial charge in [-0.3, -0.25) is 4.79 Å². The molecular formula is C20H15NO. The van der Waals surface area contributed by atoms with E-state index in [1.807, 2.05) is 60.1 Å². The second kappa shape index (κ2) is 6.15. The van der Waals surface area contributed by atoms with Crippen molar-refractivity contribution in [2.24, 2.45) is 7.05 Å². The quantitative estimate of drug-likeness (QED) is 0.516.